The number of amides is 2. The summed E-state index contributed by atoms with van der Waals surface area (Å²) >= 11 is 0. The number of carbonyl (C=O) groups excluding carboxylic acids is 2. The number of nitrogens with two attached hydrogens (primary N) is 1. The number of carbonyl (C=O) groups is 2. The zero-order valence-electron chi connectivity index (χ0n) is 23.7. The molecule has 10 heteroatoms. The number of rotatable bonds is 10. The molecule has 4 N–H and O–H groups in total. The smallest absolute Gasteiger partial charge is 0.257 e. The highest BCUT2D eigenvalue weighted by atomic mass is 16.5. The highest BCUT2D eigenvalue weighted by Crippen LogP contribution is 2.28. The molecule has 0 saturated carbocycles. The molecule has 0 spiro atoms. The lowest BCUT2D eigenvalue weighted by molar-refractivity contribution is 0.101. The summed E-state index contributed by atoms with van der Waals surface area (Å²) in [6.45, 7) is 6.43. The van der Waals surface area contributed by atoms with Crippen LogP contribution in [0.5, 0.6) is 0 Å². The van der Waals surface area contributed by atoms with Gasteiger partial charge in [0.25, 0.3) is 11.8 Å². The minimum atomic E-state index is -0.308. The molecule has 1 aliphatic rings. The average Bonchev–Trinajstić information content (AvgIpc) is 2.95. The van der Waals surface area contributed by atoms with Crippen LogP contribution < -0.4 is 26.2 Å². The zero-order chi connectivity index (χ0) is 28.6. The van der Waals surface area contributed by atoms with Crippen molar-refractivity contribution in [2.75, 3.05) is 86.7 Å². The van der Waals surface area contributed by atoms with Gasteiger partial charge in [0.2, 0.25) is 0 Å². The van der Waals surface area contributed by atoms with Crippen molar-refractivity contribution in [2.24, 2.45) is 0 Å². The molecule has 2 heterocycles. The van der Waals surface area contributed by atoms with Gasteiger partial charge in [-0.05, 0) is 75.9 Å². The molecular formula is C30H39N7O3. The first-order valence-electron chi connectivity index (χ1n) is 13.5. The van der Waals surface area contributed by atoms with Crippen LogP contribution in [-0.2, 0) is 4.74 Å². The maximum absolute atomic E-state index is 13.3. The number of nitrogens with one attached hydrogen (secondary N) is 2. The number of benzene rings is 2. The van der Waals surface area contributed by atoms with Gasteiger partial charge in [0, 0.05) is 49.8 Å². The molecule has 1 saturated heterocycles. The van der Waals surface area contributed by atoms with Gasteiger partial charge in [-0.3, -0.25) is 9.59 Å². The van der Waals surface area contributed by atoms with Crippen molar-refractivity contribution in [2.45, 2.75) is 13.3 Å². The van der Waals surface area contributed by atoms with E-state index in [1.165, 1.54) is 0 Å². The van der Waals surface area contributed by atoms with E-state index in [2.05, 4.69) is 30.3 Å². The van der Waals surface area contributed by atoms with Gasteiger partial charge in [0.1, 0.15) is 5.82 Å². The molecule has 1 aromatic heterocycles. The van der Waals surface area contributed by atoms with E-state index in [0.717, 1.165) is 49.7 Å². The third-order valence-electron chi connectivity index (χ3n) is 6.92. The van der Waals surface area contributed by atoms with Gasteiger partial charge >= 0.3 is 0 Å². The predicted molar refractivity (Wildman–Crippen MR) is 162 cm³/mol. The number of aromatic nitrogens is 1. The van der Waals surface area contributed by atoms with Crippen LogP contribution in [0.15, 0.2) is 54.7 Å². The molecule has 212 valence electrons. The summed E-state index contributed by atoms with van der Waals surface area (Å²) in [7, 11) is 6.07. The van der Waals surface area contributed by atoms with Crippen LogP contribution in [0.25, 0.3) is 0 Å². The summed E-state index contributed by atoms with van der Waals surface area (Å²) in [4.78, 5) is 37.1. The van der Waals surface area contributed by atoms with Gasteiger partial charge in [0.05, 0.1) is 30.2 Å². The summed E-state index contributed by atoms with van der Waals surface area (Å²) in [6.07, 6.45) is 2.61. The van der Waals surface area contributed by atoms with E-state index in [1.54, 1.807) is 30.5 Å². The Morgan fingerprint density at radius 1 is 1.00 bits per heavy atom. The predicted octanol–water partition coefficient (Wildman–Crippen LogP) is 3.70. The van der Waals surface area contributed by atoms with E-state index in [9.17, 15) is 9.59 Å². The van der Waals surface area contributed by atoms with Crippen LogP contribution in [0.4, 0.5) is 28.6 Å². The standard InChI is InChI=1S/C30H39N7O3/c1-21-9-10-23(33-29(38)22-11-12-32-27(19-22)37-15-17-40-18-16-37)20-25(21)34-30(39)24-7-5-8-26(28(24)31)36(4)14-6-13-35(2)3/h5,7-12,19-20H,6,13-18,31H2,1-4H3,(H,33,38)(H,34,39). The van der Waals surface area contributed by atoms with Crippen LogP contribution in [0.2, 0.25) is 0 Å². The lowest BCUT2D eigenvalue weighted by Crippen LogP contribution is -2.36. The molecule has 10 nitrogen and oxygen atoms in total. The fourth-order valence-corrected chi connectivity index (χ4v) is 4.58. The quantitative estimate of drug-likeness (QED) is 0.330. The number of hydrogen-bond donors (Lipinski definition) is 3. The Bertz CT molecular complexity index is 1340. The number of aryl methyl sites for hydroxylation is 1. The largest absolute Gasteiger partial charge is 0.396 e. The molecule has 0 bridgehead atoms. The first kappa shape index (κ1) is 28.8. The third-order valence-corrected chi connectivity index (χ3v) is 6.92. The van der Waals surface area contributed by atoms with Crippen LogP contribution in [0, 0.1) is 6.92 Å². The second-order valence-corrected chi connectivity index (χ2v) is 10.3. The van der Waals surface area contributed by atoms with Crippen LogP contribution in [0.3, 0.4) is 0 Å². The molecule has 2 amide bonds. The van der Waals surface area contributed by atoms with Crippen LogP contribution in [0.1, 0.15) is 32.7 Å². The first-order valence-corrected chi connectivity index (χ1v) is 13.5. The third kappa shape index (κ3) is 7.28. The minimum Gasteiger partial charge on any atom is -0.396 e. The fourth-order valence-electron chi connectivity index (χ4n) is 4.58. The second kappa shape index (κ2) is 13.3. The van der Waals surface area contributed by atoms with Gasteiger partial charge in [0.15, 0.2) is 0 Å². The van der Waals surface area contributed by atoms with Gasteiger partial charge in [-0.2, -0.15) is 0 Å². The SMILES string of the molecule is Cc1ccc(NC(=O)c2ccnc(N3CCOCC3)c2)cc1NC(=O)c1cccc(N(C)CCCN(C)C)c1N. The van der Waals surface area contributed by atoms with E-state index in [1.807, 2.05) is 52.3 Å². The van der Waals surface area contributed by atoms with E-state index in [4.69, 9.17) is 10.5 Å². The normalized spacial score (nSPS) is 13.3. The molecule has 4 rings (SSSR count). The summed E-state index contributed by atoms with van der Waals surface area (Å²) in [5.41, 5.74) is 10.6. The Balaban J connectivity index is 1.45. The monoisotopic (exact) mass is 545 g/mol. The van der Waals surface area contributed by atoms with E-state index >= 15 is 0 Å². The molecular weight excluding hydrogens is 506 g/mol. The Hall–Kier alpha value is -4.15. The van der Waals surface area contributed by atoms with Gasteiger partial charge < -0.3 is 35.8 Å². The number of pyridine rings is 1. The van der Waals surface area contributed by atoms with Crippen molar-refractivity contribution in [3.05, 3.63) is 71.4 Å². The molecule has 0 aliphatic carbocycles. The number of nitrogen functional groups attached to an aromatic ring is 1. The lowest BCUT2D eigenvalue weighted by Gasteiger charge is -2.27. The molecule has 40 heavy (non-hydrogen) atoms. The van der Waals surface area contributed by atoms with E-state index in [0.29, 0.717) is 41.4 Å². The summed E-state index contributed by atoms with van der Waals surface area (Å²) in [6, 6.07) is 14.4. The molecule has 3 aromatic rings. The lowest BCUT2D eigenvalue weighted by atomic mass is 10.1. The summed E-state index contributed by atoms with van der Waals surface area (Å²) < 4.78 is 5.41. The van der Waals surface area contributed by atoms with Gasteiger partial charge in [-0.1, -0.05) is 12.1 Å². The average molecular weight is 546 g/mol. The summed E-state index contributed by atoms with van der Waals surface area (Å²) in [5, 5.41) is 5.91. The van der Waals surface area contributed by atoms with Gasteiger partial charge in [-0.15, -0.1) is 0 Å². The fraction of sp³-hybridized carbons (Fsp3) is 0.367. The number of hydrogen-bond acceptors (Lipinski definition) is 8. The molecule has 1 fully saturated rings. The van der Waals surface area contributed by atoms with Gasteiger partial charge in [-0.25, -0.2) is 4.98 Å². The van der Waals surface area contributed by atoms with Crippen molar-refractivity contribution in [3.63, 3.8) is 0 Å². The Morgan fingerprint density at radius 3 is 2.52 bits per heavy atom. The Morgan fingerprint density at radius 2 is 1.77 bits per heavy atom. The molecule has 1 aliphatic heterocycles. The highest BCUT2D eigenvalue weighted by molar-refractivity contribution is 6.10. The maximum atomic E-state index is 13.3. The van der Waals surface area contributed by atoms with Crippen molar-refractivity contribution >= 4 is 40.4 Å². The topological polar surface area (TPSA) is 116 Å². The molecule has 0 atom stereocenters. The number of anilines is 5. The second-order valence-electron chi connectivity index (χ2n) is 10.3. The first-order chi connectivity index (χ1) is 19.2. The van der Waals surface area contributed by atoms with E-state index < -0.39 is 0 Å². The van der Waals surface area contributed by atoms with Crippen LogP contribution >= 0.6 is 0 Å². The Kier molecular flexibility index (Phi) is 9.57. The maximum Gasteiger partial charge on any atom is 0.257 e. The minimum absolute atomic E-state index is 0.257. The van der Waals surface area contributed by atoms with Crippen molar-refractivity contribution in [1.29, 1.82) is 0 Å². The summed E-state index contributed by atoms with van der Waals surface area (Å²) in [5.74, 6) is 0.181. The highest BCUT2D eigenvalue weighted by Gasteiger charge is 2.18. The number of morpholine rings is 1. The molecule has 0 radical (unpaired) electrons. The number of nitrogens with zero attached hydrogens (tertiary/aromatic N) is 4. The zero-order valence-corrected chi connectivity index (χ0v) is 23.7. The Labute approximate surface area is 236 Å². The molecule has 0 unspecified atom stereocenters. The van der Waals surface area contributed by atoms with Crippen molar-refractivity contribution in [3.8, 4) is 0 Å². The number of para-hydroxylation sites is 1. The number of ether oxygens (including phenoxy) is 1. The van der Waals surface area contributed by atoms with Crippen LogP contribution in [-0.4, -0.2) is 82.2 Å². The molecule has 2 aromatic carbocycles. The van der Waals surface area contributed by atoms with Crippen molar-refractivity contribution in [1.82, 2.24) is 9.88 Å². The van der Waals surface area contributed by atoms with Crippen molar-refractivity contribution < 1.29 is 14.3 Å². The van der Waals surface area contributed by atoms with E-state index in [-0.39, 0.29) is 11.8 Å².